The van der Waals surface area contributed by atoms with Crippen LogP contribution in [0.5, 0.6) is 0 Å². The zero-order valence-electron chi connectivity index (χ0n) is 15.1. The maximum Gasteiger partial charge on any atom is 0.432 e. The second kappa shape index (κ2) is 8.43. The summed E-state index contributed by atoms with van der Waals surface area (Å²) in [5.74, 6) is -1.40. The number of hydrogen-bond acceptors (Lipinski definition) is 9. The van der Waals surface area contributed by atoms with E-state index in [2.05, 4.69) is 20.3 Å². The highest BCUT2D eigenvalue weighted by Crippen LogP contribution is 2.24. The van der Waals surface area contributed by atoms with Gasteiger partial charge in [0.05, 0.1) is 12.0 Å². The van der Waals surface area contributed by atoms with Gasteiger partial charge < -0.3 is 14.5 Å². The summed E-state index contributed by atoms with van der Waals surface area (Å²) in [4.78, 5) is 11.3. The van der Waals surface area contributed by atoms with E-state index in [-0.39, 0.29) is 16.3 Å². The van der Waals surface area contributed by atoms with Gasteiger partial charge in [-0.15, -0.1) is 10.2 Å². The first-order chi connectivity index (χ1) is 13.4. The third-order valence-electron chi connectivity index (χ3n) is 3.41. The summed E-state index contributed by atoms with van der Waals surface area (Å²) in [6.07, 6.45) is -3.55. The Kier molecular flexibility index (Phi) is 6.41. The molecule has 2 rings (SSSR count). The molecule has 13 heteroatoms. The van der Waals surface area contributed by atoms with Gasteiger partial charge in [-0.2, -0.15) is 13.2 Å². The predicted molar refractivity (Wildman–Crippen MR) is 94.6 cm³/mol. The number of carbonyl (C=O) groups is 1. The average molecular weight is 432 g/mol. The van der Waals surface area contributed by atoms with Gasteiger partial charge in [0.25, 0.3) is 5.89 Å². The normalized spacial score (nSPS) is 12.5. The van der Waals surface area contributed by atoms with Gasteiger partial charge in [-0.25, -0.2) is 8.42 Å². The summed E-state index contributed by atoms with van der Waals surface area (Å²) in [7, 11) is -2.43. The van der Waals surface area contributed by atoms with Crippen LogP contribution in [0.1, 0.15) is 5.89 Å². The Labute approximate surface area is 163 Å². The van der Waals surface area contributed by atoms with E-state index in [4.69, 9.17) is 9.83 Å². The van der Waals surface area contributed by atoms with Crippen molar-refractivity contribution in [1.29, 1.82) is 5.41 Å². The summed E-state index contributed by atoms with van der Waals surface area (Å²) < 4.78 is 71.2. The number of nitrogens with one attached hydrogen (secondary N) is 2. The summed E-state index contributed by atoms with van der Waals surface area (Å²) >= 11 is 0. The van der Waals surface area contributed by atoms with Gasteiger partial charge in [-0.05, 0) is 24.3 Å². The molecule has 1 heterocycles. The topological polar surface area (TPSA) is 135 Å². The van der Waals surface area contributed by atoms with Crippen LogP contribution >= 0.6 is 0 Å². The number of hydrogen-bond donors (Lipinski definition) is 2. The Morgan fingerprint density at radius 1 is 1.34 bits per heavy atom. The van der Waals surface area contributed by atoms with Crippen molar-refractivity contribution in [3.05, 3.63) is 36.2 Å². The first kappa shape index (κ1) is 22.1. The molecule has 0 saturated carbocycles. The molecule has 0 aliphatic rings. The molecular formula is C16H15F3N4O5S. The Bertz CT molecular complexity index is 1060. The molecule has 0 aliphatic carbocycles. The number of allylic oxidation sites excluding steroid dienone is 1. The van der Waals surface area contributed by atoms with Crippen molar-refractivity contribution in [1.82, 2.24) is 15.5 Å². The summed E-state index contributed by atoms with van der Waals surface area (Å²) in [5.41, 5.74) is -1.94. The minimum absolute atomic E-state index is 0.0202. The molecule has 0 amide bonds. The Morgan fingerprint density at radius 2 is 2.03 bits per heavy atom. The molecule has 156 valence electrons. The second-order valence-electron chi connectivity index (χ2n) is 5.61. The molecule has 0 unspecified atom stereocenters. The molecule has 1 aromatic heterocycles. The number of benzene rings is 1. The highest BCUT2D eigenvalue weighted by Gasteiger charge is 2.33. The van der Waals surface area contributed by atoms with E-state index in [1.54, 1.807) is 0 Å². The number of rotatable bonds is 7. The number of nitrogens with zero attached hydrogens (tertiary/aromatic N) is 2. The van der Waals surface area contributed by atoms with Crippen LogP contribution in [0.3, 0.4) is 0 Å². The molecule has 0 aliphatic heterocycles. The fourth-order valence-corrected chi connectivity index (χ4v) is 2.63. The van der Waals surface area contributed by atoms with Crippen molar-refractivity contribution in [3.63, 3.8) is 0 Å². The molecule has 0 atom stereocenters. The number of aromatic nitrogens is 2. The molecule has 0 spiro atoms. The van der Waals surface area contributed by atoms with Gasteiger partial charge in [-0.1, -0.05) is 6.07 Å². The summed E-state index contributed by atoms with van der Waals surface area (Å²) in [6, 6.07) is 5.51. The third kappa shape index (κ3) is 5.88. The Morgan fingerprint density at radius 3 is 2.62 bits per heavy atom. The summed E-state index contributed by atoms with van der Waals surface area (Å²) in [5, 5.41) is 16.7. The monoisotopic (exact) mass is 432 g/mol. The number of halogens is 3. The van der Waals surface area contributed by atoms with Crippen molar-refractivity contribution in [2.45, 2.75) is 11.1 Å². The average Bonchev–Trinajstić information content (AvgIpc) is 3.13. The fourth-order valence-electron chi connectivity index (χ4n) is 1.96. The van der Waals surface area contributed by atoms with E-state index in [0.717, 1.165) is 13.4 Å². The molecule has 0 fully saturated rings. The van der Waals surface area contributed by atoms with E-state index in [1.165, 1.54) is 24.3 Å². The minimum atomic E-state index is -4.94. The smallest absolute Gasteiger partial charge is 0.432 e. The molecule has 0 saturated heterocycles. The number of methoxy groups -OCH3 is 1. The van der Waals surface area contributed by atoms with Crippen molar-refractivity contribution in [3.8, 4) is 11.5 Å². The van der Waals surface area contributed by atoms with E-state index < -0.39 is 45.8 Å². The van der Waals surface area contributed by atoms with Crippen LogP contribution < -0.4 is 5.32 Å². The van der Waals surface area contributed by atoms with Crippen LogP contribution in [0, 0.1) is 5.41 Å². The lowest BCUT2D eigenvalue weighted by Gasteiger charge is -2.08. The van der Waals surface area contributed by atoms with Gasteiger partial charge in [0, 0.05) is 11.8 Å². The van der Waals surface area contributed by atoms with Gasteiger partial charge in [0.15, 0.2) is 9.84 Å². The first-order valence-corrected chi connectivity index (χ1v) is 9.63. The SMILES string of the molecule is COC(=O)CN/C(=C\C(=N)C(F)(F)F)c1nnc(-c2cccc(S(C)(=O)=O)c2)o1. The number of sulfone groups is 1. The van der Waals surface area contributed by atoms with E-state index in [0.29, 0.717) is 6.08 Å². The van der Waals surface area contributed by atoms with Crippen molar-refractivity contribution >= 4 is 27.2 Å². The van der Waals surface area contributed by atoms with Gasteiger partial charge >= 0.3 is 12.1 Å². The fraction of sp³-hybridized carbons (Fsp3) is 0.250. The quantitative estimate of drug-likeness (QED) is 0.500. The van der Waals surface area contributed by atoms with Crippen molar-refractivity contribution < 1.29 is 35.5 Å². The Balaban J connectivity index is 2.41. The zero-order chi connectivity index (χ0) is 21.8. The van der Waals surface area contributed by atoms with Gasteiger partial charge in [0.2, 0.25) is 5.89 Å². The van der Waals surface area contributed by atoms with E-state index >= 15 is 0 Å². The van der Waals surface area contributed by atoms with Crippen molar-refractivity contribution in [2.75, 3.05) is 19.9 Å². The highest BCUT2D eigenvalue weighted by atomic mass is 32.2. The molecular weight excluding hydrogens is 417 g/mol. The lowest BCUT2D eigenvalue weighted by Crippen LogP contribution is -2.26. The molecule has 0 radical (unpaired) electrons. The number of ether oxygens (including phenoxy) is 1. The second-order valence-corrected chi connectivity index (χ2v) is 7.63. The van der Waals surface area contributed by atoms with Gasteiger partial charge in [-0.3, -0.25) is 10.2 Å². The molecule has 9 nitrogen and oxygen atoms in total. The summed E-state index contributed by atoms with van der Waals surface area (Å²) in [6.45, 7) is -0.519. The largest absolute Gasteiger partial charge is 0.468 e. The lowest BCUT2D eigenvalue weighted by molar-refractivity contribution is -0.139. The van der Waals surface area contributed by atoms with Crippen LogP contribution in [-0.4, -0.2) is 56.4 Å². The standard InChI is InChI=1S/C16H15F3N4O5S/c1-27-13(24)8-21-11(7-12(20)16(17,18)19)15-23-22-14(28-15)9-4-3-5-10(6-9)29(2,25)26/h3-7,20-21H,8H2,1-2H3/b11-7-,20-12?. The van der Waals surface area contributed by atoms with Crippen LogP contribution in [0.4, 0.5) is 13.2 Å². The molecule has 2 aromatic rings. The minimum Gasteiger partial charge on any atom is -0.468 e. The van der Waals surface area contributed by atoms with Crippen molar-refractivity contribution in [2.24, 2.45) is 0 Å². The number of carbonyl (C=O) groups excluding carboxylic acids is 1. The third-order valence-corrected chi connectivity index (χ3v) is 4.52. The van der Waals surface area contributed by atoms with Crippen LogP contribution in [0.15, 0.2) is 39.7 Å². The predicted octanol–water partition coefficient (Wildman–Crippen LogP) is 1.83. The van der Waals surface area contributed by atoms with Crippen LogP contribution in [-0.2, 0) is 19.4 Å². The maximum atomic E-state index is 12.7. The van der Waals surface area contributed by atoms with E-state index in [1.807, 2.05) is 0 Å². The Hall–Kier alpha value is -3.22. The van der Waals surface area contributed by atoms with Crippen LogP contribution in [0.25, 0.3) is 17.2 Å². The molecule has 1 aromatic carbocycles. The van der Waals surface area contributed by atoms with Gasteiger partial charge in [0.1, 0.15) is 18.0 Å². The highest BCUT2D eigenvalue weighted by molar-refractivity contribution is 7.90. The number of alkyl halides is 3. The molecule has 29 heavy (non-hydrogen) atoms. The molecule has 0 bridgehead atoms. The first-order valence-electron chi connectivity index (χ1n) is 7.74. The maximum absolute atomic E-state index is 12.7. The lowest BCUT2D eigenvalue weighted by atomic mass is 10.2. The van der Waals surface area contributed by atoms with Crippen LogP contribution in [0.2, 0.25) is 0 Å². The number of esters is 1. The van der Waals surface area contributed by atoms with E-state index in [9.17, 15) is 26.4 Å². The molecule has 2 N–H and O–H groups in total. The zero-order valence-corrected chi connectivity index (χ0v) is 15.9.